The highest BCUT2D eigenvalue weighted by Crippen LogP contribution is 2.27. The van der Waals surface area contributed by atoms with Gasteiger partial charge in [0, 0.05) is 25.1 Å². The van der Waals surface area contributed by atoms with Crippen LogP contribution in [-0.4, -0.2) is 123 Å². The number of methoxy groups -OCH3 is 1. The van der Waals surface area contributed by atoms with E-state index in [0.29, 0.717) is 17.7 Å². The van der Waals surface area contributed by atoms with Gasteiger partial charge in [-0.1, -0.05) is 0 Å². The predicted molar refractivity (Wildman–Crippen MR) is 142 cm³/mol. The molecule has 4 bridgehead atoms. The first-order valence-electron chi connectivity index (χ1n) is 13.2. The molecule has 1 aromatic carbocycles. The summed E-state index contributed by atoms with van der Waals surface area (Å²) in [6, 6.07) is 4.59. The Hall–Kier alpha value is -3.50. The Labute approximate surface area is 240 Å². The van der Waals surface area contributed by atoms with E-state index in [4.69, 9.17) is 18.9 Å². The van der Waals surface area contributed by atoms with Crippen LogP contribution in [-0.2, 0) is 23.8 Å². The Bertz CT molecular complexity index is 1160. The maximum Gasteiger partial charge on any atom is 0.407 e. The van der Waals surface area contributed by atoms with Crippen molar-refractivity contribution in [3.63, 3.8) is 0 Å². The molecule has 0 aromatic heterocycles. The van der Waals surface area contributed by atoms with E-state index in [1.165, 1.54) is 15.9 Å². The molecule has 0 radical (unpaired) electrons. The van der Waals surface area contributed by atoms with Crippen LogP contribution in [0.4, 0.5) is 9.59 Å². The number of rotatable bonds is 2. The number of hydrogen-bond acceptors (Lipinski definition) is 9. The smallest absolute Gasteiger partial charge is 0.407 e. The van der Waals surface area contributed by atoms with Crippen LogP contribution in [0.2, 0.25) is 0 Å². The third-order valence-electron chi connectivity index (χ3n) is 6.98. The minimum Gasteiger partial charge on any atom is -0.491 e. The number of fused-ring (bicyclic) bond motifs is 7. The van der Waals surface area contributed by atoms with Crippen molar-refractivity contribution >= 4 is 46.5 Å². The van der Waals surface area contributed by atoms with E-state index in [1.807, 2.05) is 0 Å². The first-order chi connectivity index (χ1) is 18.9. The zero-order valence-electron chi connectivity index (χ0n) is 23.4. The van der Waals surface area contributed by atoms with Gasteiger partial charge in [-0.15, -0.1) is 0 Å². The molecule has 0 saturated carbocycles. The summed E-state index contributed by atoms with van der Waals surface area (Å²) in [7, 11) is 1.21. The molecule has 1 N–H and O–H groups in total. The number of esters is 1. The summed E-state index contributed by atoms with van der Waals surface area (Å²) < 4.78 is 23.1. The number of benzene rings is 1. The molecule has 1 aromatic rings. The molecule has 2 saturated heterocycles. The van der Waals surface area contributed by atoms with Crippen LogP contribution >= 0.6 is 0 Å². The molecule has 4 aliphatic heterocycles. The van der Waals surface area contributed by atoms with Crippen molar-refractivity contribution in [1.82, 2.24) is 19.0 Å². The minimum absolute atomic E-state index is 0.135. The lowest BCUT2D eigenvalue weighted by Gasteiger charge is -2.29. The second kappa shape index (κ2) is 11.9. The van der Waals surface area contributed by atoms with Gasteiger partial charge in [0.15, 0.2) is 6.04 Å². The molecular formula is C26H35AlN4O9. The molecule has 2 fully saturated rings. The summed E-state index contributed by atoms with van der Waals surface area (Å²) in [6.45, 7) is 5.59. The Balaban J connectivity index is 1.58. The molecule has 4 atom stereocenters. The van der Waals surface area contributed by atoms with E-state index in [1.54, 1.807) is 49.9 Å². The van der Waals surface area contributed by atoms with Crippen LogP contribution in [0.5, 0.6) is 5.75 Å². The maximum atomic E-state index is 13.4. The van der Waals surface area contributed by atoms with Gasteiger partial charge in [0.2, 0.25) is 5.91 Å². The number of carbonyl (C=O) groups is 5. The van der Waals surface area contributed by atoms with Crippen molar-refractivity contribution in [1.29, 1.82) is 0 Å². The van der Waals surface area contributed by atoms with Crippen LogP contribution in [0.15, 0.2) is 24.3 Å². The topological polar surface area (TPSA) is 144 Å². The van der Waals surface area contributed by atoms with Crippen LogP contribution < -0.4 is 10.1 Å². The van der Waals surface area contributed by atoms with Crippen LogP contribution in [0.25, 0.3) is 0 Å². The molecule has 0 aliphatic carbocycles. The van der Waals surface area contributed by atoms with Gasteiger partial charge < -0.3 is 37.9 Å². The third-order valence-corrected chi connectivity index (χ3v) is 7.66. The maximum absolute atomic E-state index is 13.4. The summed E-state index contributed by atoms with van der Waals surface area (Å²) in [5.41, 5.74) is -0.338. The van der Waals surface area contributed by atoms with Crippen LogP contribution in [0.1, 0.15) is 44.0 Å². The number of amides is 4. The van der Waals surface area contributed by atoms with Gasteiger partial charge in [-0.05, 0) is 51.5 Å². The number of nitrogens with zero attached hydrogens (tertiary/aromatic N) is 3. The predicted octanol–water partition coefficient (Wildman–Crippen LogP) is 0.316. The number of hydrogen-bond donors (Lipinski definition) is 1. The Morgan fingerprint density at radius 1 is 1.10 bits per heavy atom. The molecular weight excluding hydrogens is 539 g/mol. The highest BCUT2D eigenvalue weighted by Gasteiger charge is 2.46. The molecule has 4 amide bonds. The lowest BCUT2D eigenvalue weighted by atomic mass is 10.1. The molecule has 4 heterocycles. The molecule has 4 aliphatic rings. The largest absolute Gasteiger partial charge is 0.491 e. The van der Waals surface area contributed by atoms with Crippen molar-refractivity contribution < 1.29 is 42.9 Å². The molecule has 5 rings (SSSR count). The highest BCUT2D eigenvalue weighted by atomic mass is 27.1. The van der Waals surface area contributed by atoms with Gasteiger partial charge >= 0.3 is 34.7 Å². The molecule has 0 unspecified atom stereocenters. The normalized spacial score (nSPS) is 25.6. The van der Waals surface area contributed by atoms with E-state index in [2.05, 4.69) is 5.32 Å². The molecule has 14 heteroatoms. The minimum atomic E-state index is -1.11. The second-order valence-electron chi connectivity index (χ2n) is 11.1. The van der Waals surface area contributed by atoms with Crippen molar-refractivity contribution in [3.05, 3.63) is 29.8 Å². The Morgan fingerprint density at radius 2 is 1.80 bits per heavy atom. The van der Waals surface area contributed by atoms with E-state index >= 15 is 0 Å². The summed E-state index contributed by atoms with van der Waals surface area (Å²) in [6.07, 6.45) is -1.59. The van der Waals surface area contributed by atoms with E-state index in [9.17, 15) is 24.0 Å². The highest BCUT2D eigenvalue weighted by molar-refractivity contribution is 6.14. The van der Waals surface area contributed by atoms with E-state index in [-0.39, 0.29) is 67.2 Å². The summed E-state index contributed by atoms with van der Waals surface area (Å²) in [5.74, 6) is -0.938. The van der Waals surface area contributed by atoms with Gasteiger partial charge in [-0.2, -0.15) is 0 Å². The number of nitrogens with one attached hydrogen (secondary N) is 1. The van der Waals surface area contributed by atoms with Crippen molar-refractivity contribution in [2.45, 2.75) is 63.4 Å². The quantitative estimate of drug-likeness (QED) is 0.300. The van der Waals surface area contributed by atoms with Gasteiger partial charge in [0.25, 0.3) is 5.91 Å². The molecule has 0 spiro atoms. The molecule has 13 nitrogen and oxygen atoms in total. The van der Waals surface area contributed by atoms with Gasteiger partial charge in [-0.25, -0.2) is 14.4 Å². The Kier molecular flexibility index (Phi) is 8.80. The van der Waals surface area contributed by atoms with Gasteiger partial charge in [0.05, 0.1) is 25.7 Å². The fraction of sp³-hybridized carbons (Fsp3) is 0.577. The van der Waals surface area contributed by atoms with Gasteiger partial charge in [0.1, 0.15) is 24.1 Å². The lowest BCUT2D eigenvalue weighted by Crippen LogP contribution is -2.49. The number of ether oxygens (including phenoxy) is 4. The van der Waals surface area contributed by atoms with Crippen molar-refractivity contribution in [2.75, 3.05) is 33.4 Å². The van der Waals surface area contributed by atoms with Crippen molar-refractivity contribution in [3.8, 4) is 5.75 Å². The standard InChI is InChI=1S/C26H34N4O9.Al.2H/c1-26(2,3)39-25(35)28-16-11-17-14-37-18-7-5-15(6-8-18)22(32)29-10-9-19(21(29)23(33)36-4)38-24(34)27-12-20(31)30(17)13-16;;;/h5-8,16-17,19,21H,9-14H2,1-4H3,(H2,27,28,34,35);;;/q;+1;;/p-1/t16-,17+,19+,21+;;;/m1.../s1. The first kappa shape index (κ1) is 29.5. The zero-order valence-corrected chi connectivity index (χ0v) is 25.4. The van der Waals surface area contributed by atoms with Crippen molar-refractivity contribution in [2.24, 2.45) is 0 Å². The summed E-state index contributed by atoms with van der Waals surface area (Å²) >= 11 is 0.168. The average Bonchev–Trinajstić information content (AvgIpc) is 3.49. The zero-order chi connectivity index (χ0) is 29.2. The van der Waals surface area contributed by atoms with Crippen LogP contribution in [0.3, 0.4) is 0 Å². The monoisotopic (exact) mass is 574 g/mol. The molecule has 216 valence electrons. The Morgan fingerprint density at radius 3 is 2.45 bits per heavy atom. The fourth-order valence-corrected chi connectivity index (χ4v) is 5.48. The van der Waals surface area contributed by atoms with E-state index < -0.39 is 41.8 Å². The lowest BCUT2D eigenvalue weighted by molar-refractivity contribution is -0.148. The average molecular weight is 575 g/mol. The third kappa shape index (κ3) is 6.79. The fourth-order valence-electron chi connectivity index (χ4n) is 5.10. The second-order valence-corrected chi connectivity index (χ2v) is 12.2. The number of alkyl carbamates (subject to hydrolysis) is 1. The summed E-state index contributed by atoms with van der Waals surface area (Å²) in [4.78, 5) is 67.6. The SMILES string of the molecule is COC(=O)[C@@H]1[C@@H]2CCN1C(=O)c1ccc(cc1)OC[C@@H]1C[C@@H](NC(=O)OC(C)(C)C)CN1C(=O)C[N]([AlH2])C(=O)O2. The summed E-state index contributed by atoms with van der Waals surface area (Å²) in [5, 5.41) is 2.82. The van der Waals surface area contributed by atoms with E-state index in [0.717, 1.165) is 0 Å². The molecule has 40 heavy (non-hydrogen) atoms. The number of carbonyl (C=O) groups excluding carboxylic acids is 5. The van der Waals surface area contributed by atoms with Gasteiger partial charge in [-0.3, -0.25) is 9.59 Å². The van der Waals surface area contributed by atoms with Crippen LogP contribution in [0, 0.1) is 0 Å². The first-order valence-corrected chi connectivity index (χ1v) is 14.1.